The van der Waals surface area contributed by atoms with E-state index in [1.165, 1.54) is 25.7 Å². The van der Waals surface area contributed by atoms with E-state index in [4.69, 9.17) is 0 Å². The summed E-state index contributed by atoms with van der Waals surface area (Å²) < 4.78 is 0. The zero-order chi connectivity index (χ0) is 12.0. The molecule has 0 aromatic heterocycles. The Labute approximate surface area is 101 Å². The molecule has 0 radical (unpaired) electrons. The van der Waals surface area contributed by atoms with E-state index in [1.54, 1.807) is 0 Å². The van der Waals surface area contributed by atoms with Crippen LogP contribution in [0, 0.1) is 23.2 Å². The summed E-state index contributed by atoms with van der Waals surface area (Å²) in [6.45, 7) is 9.32. The molecule has 3 unspecified atom stereocenters. The molecular formula is C15H28O. The normalized spacial score (nSPS) is 48.2. The highest BCUT2D eigenvalue weighted by atomic mass is 16.3. The maximum atomic E-state index is 10.9. The lowest BCUT2D eigenvalue weighted by Crippen LogP contribution is -2.40. The molecule has 0 amide bonds. The van der Waals surface area contributed by atoms with E-state index in [0.717, 1.165) is 24.7 Å². The maximum Gasteiger partial charge on any atom is 0.0681 e. The van der Waals surface area contributed by atoms with E-state index in [2.05, 4.69) is 27.7 Å². The molecule has 0 bridgehead atoms. The SMILES string of the molecule is CC1CC(C)CC(C2(O)CCC(C)(C)C2)C1. The van der Waals surface area contributed by atoms with Crippen LogP contribution in [0.1, 0.15) is 66.2 Å². The molecule has 0 aromatic carbocycles. The van der Waals surface area contributed by atoms with Crippen molar-refractivity contribution in [2.75, 3.05) is 0 Å². The summed E-state index contributed by atoms with van der Waals surface area (Å²) in [5, 5.41) is 10.9. The highest BCUT2D eigenvalue weighted by Crippen LogP contribution is 2.51. The van der Waals surface area contributed by atoms with Gasteiger partial charge in [0.05, 0.1) is 5.60 Å². The second kappa shape index (κ2) is 4.01. The molecular weight excluding hydrogens is 196 g/mol. The minimum Gasteiger partial charge on any atom is -0.390 e. The molecule has 0 aliphatic heterocycles. The predicted molar refractivity (Wildman–Crippen MR) is 68.3 cm³/mol. The molecule has 0 heterocycles. The van der Waals surface area contributed by atoms with Crippen molar-refractivity contribution >= 4 is 0 Å². The second-order valence-electron chi connectivity index (χ2n) is 7.56. The van der Waals surface area contributed by atoms with Crippen LogP contribution in [0.4, 0.5) is 0 Å². The lowest BCUT2D eigenvalue weighted by Gasteiger charge is -2.41. The van der Waals surface area contributed by atoms with Gasteiger partial charge in [0.1, 0.15) is 0 Å². The quantitative estimate of drug-likeness (QED) is 0.714. The van der Waals surface area contributed by atoms with Crippen LogP contribution in [0.25, 0.3) is 0 Å². The molecule has 0 aromatic rings. The first-order valence-electron chi connectivity index (χ1n) is 7.03. The van der Waals surface area contributed by atoms with Crippen molar-refractivity contribution in [2.45, 2.75) is 71.8 Å². The van der Waals surface area contributed by atoms with Crippen LogP contribution in [-0.2, 0) is 0 Å². The third-order valence-electron chi connectivity index (χ3n) is 4.96. The summed E-state index contributed by atoms with van der Waals surface area (Å²) in [4.78, 5) is 0. The summed E-state index contributed by atoms with van der Waals surface area (Å²) in [5.41, 5.74) is 0.0190. The van der Waals surface area contributed by atoms with Gasteiger partial charge in [-0.1, -0.05) is 27.7 Å². The van der Waals surface area contributed by atoms with Gasteiger partial charge < -0.3 is 5.11 Å². The molecule has 0 spiro atoms. The number of aliphatic hydroxyl groups is 1. The van der Waals surface area contributed by atoms with E-state index in [9.17, 15) is 5.11 Å². The summed E-state index contributed by atoms with van der Waals surface area (Å²) in [6.07, 6.45) is 7.10. The van der Waals surface area contributed by atoms with E-state index in [0.29, 0.717) is 11.3 Å². The zero-order valence-electron chi connectivity index (χ0n) is 11.4. The molecule has 2 aliphatic rings. The van der Waals surface area contributed by atoms with E-state index in [-0.39, 0.29) is 5.60 Å². The summed E-state index contributed by atoms with van der Waals surface area (Å²) in [7, 11) is 0. The van der Waals surface area contributed by atoms with Gasteiger partial charge in [0.2, 0.25) is 0 Å². The highest BCUT2D eigenvalue weighted by Gasteiger charge is 2.48. The monoisotopic (exact) mass is 224 g/mol. The molecule has 0 saturated heterocycles. The first-order chi connectivity index (χ1) is 7.31. The van der Waals surface area contributed by atoms with Crippen LogP contribution in [0.5, 0.6) is 0 Å². The van der Waals surface area contributed by atoms with Crippen LogP contribution in [0.15, 0.2) is 0 Å². The third-order valence-corrected chi connectivity index (χ3v) is 4.96. The lowest BCUT2D eigenvalue weighted by molar-refractivity contribution is -0.0495. The van der Waals surface area contributed by atoms with Crippen molar-refractivity contribution < 1.29 is 5.11 Å². The smallest absolute Gasteiger partial charge is 0.0681 e. The first kappa shape index (κ1) is 12.4. The number of hydrogen-bond donors (Lipinski definition) is 1. The Morgan fingerprint density at radius 3 is 1.94 bits per heavy atom. The van der Waals surface area contributed by atoms with Crippen LogP contribution in [0.2, 0.25) is 0 Å². The van der Waals surface area contributed by atoms with Gasteiger partial charge in [-0.05, 0) is 61.7 Å². The van der Waals surface area contributed by atoms with Crippen molar-refractivity contribution in [3.05, 3.63) is 0 Å². The van der Waals surface area contributed by atoms with Gasteiger partial charge in [-0.25, -0.2) is 0 Å². The van der Waals surface area contributed by atoms with E-state index >= 15 is 0 Å². The Kier molecular flexibility index (Phi) is 3.11. The Bertz CT molecular complexity index is 248. The predicted octanol–water partition coefficient (Wildman–Crippen LogP) is 4.00. The van der Waals surface area contributed by atoms with Gasteiger partial charge in [-0.3, -0.25) is 0 Å². The standard InChI is InChI=1S/C15H28O/c1-11-7-12(2)9-13(8-11)15(16)6-5-14(3,4)10-15/h11-13,16H,5-10H2,1-4H3. The summed E-state index contributed by atoms with van der Waals surface area (Å²) >= 11 is 0. The maximum absolute atomic E-state index is 10.9. The molecule has 2 fully saturated rings. The molecule has 1 nitrogen and oxygen atoms in total. The topological polar surface area (TPSA) is 20.2 Å². The average Bonchev–Trinajstić information content (AvgIpc) is 2.40. The Balaban J connectivity index is 2.06. The molecule has 1 N–H and O–H groups in total. The van der Waals surface area contributed by atoms with Crippen molar-refractivity contribution in [1.29, 1.82) is 0 Å². The highest BCUT2D eigenvalue weighted by molar-refractivity contribution is 4.99. The van der Waals surface area contributed by atoms with Gasteiger partial charge in [0.25, 0.3) is 0 Å². The molecule has 94 valence electrons. The van der Waals surface area contributed by atoms with E-state index < -0.39 is 0 Å². The van der Waals surface area contributed by atoms with Crippen LogP contribution >= 0.6 is 0 Å². The number of hydrogen-bond acceptors (Lipinski definition) is 1. The molecule has 16 heavy (non-hydrogen) atoms. The lowest BCUT2D eigenvalue weighted by atomic mass is 9.68. The minimum absolute atomic E-state index is 0.341. The van der Waals surface area contributed by atoms with E-state index in [1.807, 2.05) is 0 Å². The Morgan fingerprint density at radius 2 is 1.50 bits per heavy atom. The van der Waals surface area contributed by atoms with Gasteiger partial charge >= 0.3 is 0 Å². The second-order valence-corrected chi connectivity index (χ2v) is 7.56. The Morgan fingerprint density at radius 1 is 0.938 bits per heavy atom. The molecule has 1 heteroatoms. The molecule has 2 aliphatic carbocycles. The fourth-order valence-corrected chi connectivity index (χ4v) is 4.29. The fourth-order valence-electron chi connectivity index (χ4n) is 4.29. The summed E-state index contributed by atoms with van der Waals surface area (Å²) in [5.74, 6) is 2.18. The third kappa shape index (κ3) is 2.45. The van der Waals surface area contributed by atoms with Crippen molar-refractivity contribution in [1.82, 2.24) is 0 Å². The molecule has 2 rings (SSSR count). The number of rotatable bonds is 1. The van der Waals surface area contributed by atoms with Crippen LogP contribution in [-0.4, -0.2) is 10.7 Å². The summed E-state index contributed by atoms with van der Waals surface area (Å²) in [6, 6.07) is 0. The van der Waals surface area contributed by atoms with Gasteiger partial charge in [0, 0.05) is 0 Å². The van der Waals surface area contributed by atoms with Gasteiger partial charge in [-0.15, -0.1) is 0 Å². The van der Waals surface area contributed by atoms with Crippen molar-refractivity contribution in [3.63, 3.8) is 0 Å². The zero-order valence-corrected chi connectivity index (χ0v) is 11.4. The largest absolute Gasteiger partial charge is 0.390 e. The van der Waals surface area contributed by atoms with Gasteiger partial charge in [0.15, 0.2) is 0 Å². The van der Waals surface area contributed by atoms with Crippen molar-refractivity contribution in [3.8, 4) is 0 Å². The first-order valence-corrected chi connectivity index (χ1v) is 7.03. The molecule has 2 saturated carbocycles. The Hall–Kier alpha value is -0.0400. The van der Waals surface area contributed by atoms with Crippen LogP contribution < -0.4 is 0 Å². The van der Waals surface area contributed by atoms with Gasteiger partial charge in [-0.2, -0.15) is 0 Å². The average molecular weight is 224 g/mol. The molecule has 3 atom stereocenters. The fraction of sp³-hybridized carbons (Fsp3) is 1.00. The van der Waals surface area contributed by atoms with Crippen molar-refractivity contribution in [2.24, 2.45) is 23.2 Å². The van der Waals surface area contributed by atoms with Crippen LogP contribution in [0.3, 0.4) is 0 Å². The minimum atomic E-state index is -0.341.